The van der Waals surface area contributed by atoms with Gasteiger partial charge in [-0.1, -0.05) is 30.3 Å². The maximum Gasteiger partial charge on any atom is 0.251 e. The second-order valence-electron chi connectivity index (χ2n) is 8.59. The Labute approximate surface area is 184 Å². The fourth-order valence-electron chi connectivity index (χ4n) is 4.75. The van der Waals surface area contributed by atoms with E-state index in [1.54, 1.807) is 6.20 Å². The molecular weight excluding hydrogens is 390 g/mol. The number of carbonyl (C=O) groups is 2. The lowest BCUT2D eigenvalue weighted by molar-refractivity contribution is -0.146. The van der Waals surface area contributed by atoms with Gasteiger partial charge in [0.05, 0.1) is 5.41 Å². The van der Waals surface area contributed by atoms with Crippen LogP contribution in [-0.4, -0.2) is 54.0 Å². The fraction of sp³-hybridized carbons (Fsp3) is 0.480. The van der Waals surface area contributed by atoms with E-state index < -0.39 is 5.41 Å². The summed E-state index contributed by atoms with van der Waals surface area (Å²) < 4.78 is 5.58. The van der Waals surface area contributed by atoms with E-state index in [-0.39, 0.29) is 17.9 Å². The van der Waals surface area contributed by atoms with Crippen LogP contribution in [0.15, 0.2) is 48.8 Å². The molecule has 6 nitrogen and oxygen atoms in total. The Hall–Kier alpha value is -2.73. The molecule has 2 aliphatic heterocycles. The van der Waals surface area contributed by atoms with Gasteiger partial charge in [0.1, 0.15) is 6.10 Å². The smallest absolute Gasteiger partial charge is 0.251 e. The molecule has 164 valence electrons. The Balaban J connectivity index is 1.51. The van der Waals surface area contributed by atoms with Crippen molar-refractivity contribution in [3.63, 3.8) is 0 Å². The molecular formula is C25H31N3O3. The van der Waals surface area contributed by atoms with Crippen LogP contribution in [0.1, 0.15) is 38.2 Å². The molecule has 1 aromatic heterocycles. The number of likely N-dealkylation sites (tertiary alicyclic amines) is 1. The van der Waals surface area contributed by atoms with Crippen molar-refractivity contribution in [3.8, 4) is 11.1 Å². The first-order valence-corrected chi connectivity index (χ1v) is 11.3. The average molecular weight is 422 g/mol. The van der Waals surface area contributed by atoms with Gasteiger partial charge in [-0.2, -0.15) is 0 Å². The van der Waals surface area contributed by atoms with Crippen molar-refractivity contribution in [1.82, 2.24) is 15.2 Å². The minimum absolute atomic E-state index is 0.0839. The second kappa shape index (κ2) is 9.60. The number of carbonyl (C=O) groups excluding carboxylic acids is 2. The number of ether oxygens (including phenoxy) is 1. The minimum Gasteiger partial charge on any atom is -0.368 e. The highest BCUT2D eigenvalue weighted by atomic mass is 16.5. The van der Waals surface area contributed by atoms with Crippen LogP contribution in [-0.2, 0) is 20.7 Å². The molecule has 2 saturated heterocycles. The number of aromatic nitrogens is 1. The van der Waals surface area contributed by atoms with Gasteiger partial charge in [-0.3, -0.25) is 14.6 Å². The van der Waals surface area contributed by atoms with Crippen molar-refractivity contribution >= 4 is 11.8 Å². The fourth-order valence-corrected chi connectivity index (χ4v) is 4.75. The van der Waals surface area contributed by atoms with Crippen LogP contribution >= 0.6 is 0 Å². The molecule has 1 N–H and O–H groups in total. The van der Waals surface area contributed by atoms with E-state index in [1.807, 2.05) is 36.2 Å². The second-order valence-corrected chi connectivity index (χ2v) is 8.59. The van der Waals surface area contributed by atoms with Gasteiger partial charge < -0.3 is 15.0 Å². The molecule has 6 heteroatoms. The summed E-state index contributed by atoms with van der Waals surface area (Å²) in [6.45, 7) is 4.41. The number of rotatable bonds is 6. The lowest BCUT2D eigenvalue weighted by atomic mass is 9.72. The molecule has 1 atom stereocenters. The molecule has 2 aliphatic rings. The van der Waals surface area contributed by atoms with Crippen LogP contribution in [0.2, 0.25) is 0 Å². The van der Waals surface area contributed by atoms with Gasteiger partial charge in [-0.25, -0.2) is 0 Å². The molecule has 1 unspecified atom stereocenters. The highest BCUT2D eigenvalue weighted by Gasteiger charge is 2.43. The van der Waals surface area contributed by atoms with Gasteiger partial charge in [0.2, 0.25) is 5.91 Å². The van der Waals surface area contributed by atoms with Crippen molar-refractivity contribution in [3.05, 3.63) is 54.4 Å². The standard InChI is InChI=1S/C25H31N3O3/c1-2-27-24(30)25(10-13-28(14-11-25)23(29)22-9-5-15-31-22)17-19-6-3-7-20(16-19)21-8-4-12-26-18-21/h3-4,6-8,12,16,18,22H,2,5,9-11,13-15,17H2,1H3,(H,27,30). The quantitative estimate of drug-likeness (QED) is 0.777. The van der Waals surface area contributed by atoms with Crippen LogP contribution in [0.5, 0.6) is 0 Å². The Morgan fingerprint density at radius 1 is 1.19 bits per heavy atom. The molecule has 2 amide bonds. The summed E-state index contributed by atoms with van der Waals surface area (Å²) in [5, 5.41) is 3.04. The predicted molar refractivity (Wildman–Crippen MR) is 119 cm³/mol. The van der Waals surface area contributed by atoms with Crippen LogP contribution in [0.3, 0.4) is 0 Å². The van der Waals surface area contributed by atoms with Crippen molar-refractivity contribution in [2.24, 2.45) is 5.41 Å². The zero-order valence-electron chi connectivity index (χ0n) is 18.2. The molecule has 0 saturated carbocycles. The third-order valence-corrected chi connectivity index (χ3v) is 6.52. The monoisotopic (exact) mass is 421 g/mol. The van der Waals surface area contributed by atoms with Gasteiger partial charge >= 0.3 is 0 Å². The molecule has 0 spiro atoms. The van der Waals surface area contributed by atoms with Gasteiger partial charge in [-0.15, -0.1) is 0 Å². The van der Waals surface area contributed by atoms with E-state index in [2.05, 4.69) is 28.5 Å². The number of nitrogens with zero attached hydrogens (tertiary/aromatic N) is 2. The Kier molecular flexibility index (Phi) is 6.66. The lowest BCUT2D eigenvalue weighted by Crippen LogP contribution is -2.52. The summed E-state index contributed by atoms with van der Waals surface area (Å²) >= 11 is 0. The van der Waals surface area contributed by atoms with Gasteiger partial charge in [0, 0.05) is 38.6 Å². The Morgan fingerprint density at radius 3 is 2.68 bits per heavy atom. The van der Waals surface area contributed by atoms with Crippen LogP contribution in [0.25, 0.3) is 11.1 Å². The summed E-state index contributed by atoms with van der Waals surface area (Å²) in [6.07, 6.45) is 7.06. The zero-order chi connectivity index (χ0) is 21.7. The highest BCUT2D eigenvalue weighted by Crippen LogP contribution is 2.37. The molecule has 2 fully saturated rings. The lowest BCUT2D eigenvalue weighted by Gasteiger charge is -2.41. The van der Waals surface area contributed by atoms with E-state index in [0.717, 1.165) is 29.5 Å². The predicted octanol–water partition coefficient (Wildman–Crippen LogP) is 3.22. The molecule has 3 heterocycles. The van der Waals surface area contributed by atoms with Crippen LogP contribution < -0.4 is 5.32 Å². The van der Waals surface area contributed by atoms with Crippen molar-refractivity contribution in [1.29, 1.82) is 0 Å². The van der Waals surface area contributed by atoms with Crippen LogP contribution in [0, 0.1) is 5.41 Å². The van der Waals surface area contributed by atoms with Crippen molar-refractivity contribution < 1.29 is 14.3 Å². The third-order valence-electron chi connectivity index (χ3n) is 6.52. The Morgan fingerprint density at radius 2 is 2.00 bits per heavy atom. The maximum absolute atomic E-state index is 13.2. The zero-order valence-corrected chi connectivity index (χ0v) is 18.2. The summed E-state index contributed by atoms with van der Waals surface area (Å²) in [7, 11) is 0. The van der Waals surface area contributed by atoms with Gasteiger partial charge in [-0.05, 0) is 61.8 Å². The average Bonchev–Trinajstić information content (AvgIpc) is 3.35. The number of nitrogens with one attached hydrogen (secondary N) is 1. The summed E-state index contributed by atoms with van der Waals surface area (Å²) in [4.78, 5) is 32.0. The van der Waals surface area contributed by atoms with Crippen molar-refractivity contribution in [2.45, 2.75) is 45.1 Å². The highest BCUT2D eigenvalue weighted by molar-refractivity contribution is 5.85. The van der Waals surface area contributed by atoms with E-state index in [0.29, 0.717) is 45.5 Å². The third kappa shape index (κ3) is 4.79. The molecule has 4 rings (SSSR count). The molecule has 0 radical (unpaired) electrons. The normalized spacial score (nSPS) is 20.4. The number of benzene rings is 1. The SMILES string of the molecule is CCNC(=O)C1(Cc2cccc(-c3cccnc3)c2)CCN(C(=O)C2CCCO2)CC1. The number of hydrogen-bond acceptors (Lipinski definition) is 4. The molecule has 2 aromatic rings. The number of pyridine rings is 1. The number of piperidine rings is 1. The molecule has 0 aliphatic carbocycles. The Bertz CT molecular complexity index is 901. The van der Waals surface area contributed by atoms with E-state index >= 15 is 0 Å². The summed E-state index contributed by atoms with van der Waals surface area (Å²) in [6, 6.07) is 12.3. The molecule has 0 bridgehead atoms. The van der Waals surface area contributed by atoms with Crippen LogP contribution in [0.4, 0.5) is 0 Å². The minimum atomic E-state index is -0.503. The van der Waals surface area contributed by atoms with Gasteiger partial charge in [0.15, 0.2) is 0 Å². The molecule has 1 aromatic carbocycles. The largest absolute Gasteiger partial charge is 0.368 e. The van der Waals surface area contributed by atoms with E-state index in [4.69, 9.17) is 4.74 Å². The van der Waals surface area contributed by atoms with Gasteiger partial charge in [0.25, 0.3) is 5.91 Å². The topological polar surface area (TPSA) is 71.5 Å². The number of hydrogen-bond donors (Lipinski definition) is 1. The maximum atomic E-state index is 13.2. The van der Waals surface area contributed by atoms with E-state index in [1.165, 1.54) is 0 Å². The van der Waals surface area contributed by atoms with E-state index in [9.17, 15) is 9.59 Å². The van der Waals surface area contributed by atoms with Crippen molar-refractivity contribution in [2.75, 3.05) is 26.2 Å². The first-order chi connectivity index (χ1) is 15.1. The first-order valence-electron chi connectivity index (χ1n) is 11.3. The summed E-state index contributed by atoms with van der Waals surface area (Å²) in [5.74, 6) is 0.173. The summed E-state index contributed by atoms with van der Waals surface area (Å²) in [5.41, 5.74) is 2.79. The first kappa shape index (κ1) is 21.5. The molecule has 31 heavy (non-hydrogen) atoms. The number of amides is 2.